The van der Waals surface area contributed by atoms with Gasteiger partial charge in [0.1, 0.15) is 0 Å². The number of hydrogen-bond acceptors (Lipinski definition) is 4. The molecule has 1 aromatic rings. The van der Waals surface area contributed by atoms with Gasteiger partial charge in [-0.2, -0.15) is 0 Å². The second-order valence-corrected chi connectivity index (χ2v) is 8.63. The Morgan fingerprint density at radius 3 is 2.57 bits per heavy atom. The fraction of sp³-hybridized carbons (Fsp3) is 0.588. The zero-order valence-electron chi connectivity index (χ0n) is 13.9. The van der Waals surface area contributed by atoms with E-state index < -0.39 is 9.84 Å². The van der Waals surface area contributed by atoms with Gasteiger partial charge in [-0.05, 0) is 25.8 Å². The maximum atomic E-state index is 12.5. The summed E-state index contributed by atoms with van der Waals surface area (Å²) in [5, 5.41) is 3.20. The van der Waals surface area contributed by atoms with E-state index in [1.165, 1.54) is 0 Å². The number of carbonyl (C=O) groups excluding carboxylic acids is 1. The quantitative estimate of drug-likeness (QED) is 0.820. The van der Waals surface area contributed by atoms with Crippen molar-refractivity contribution in [1.82, 2.24) is 10.2 Å². The molecule has 1 saturated heterocycles. The van der Waals surface area contributed by atoms with Crippen LogP contribution < -0.4 is 5.32 Å². The molecular formula is C17H26N2O3S. The van der Waals surface area contributed by atoms with Crippen molar-refractivity contribution in [3.8, 4) is 0 Å². The summed E-state index contributed by atoms with van der Waals surface area (Å²) >= 11 is 0. The lowest BCUT2D eigenvalue weighted by atomic mass is 10.1. The SMILES string of the molecule is CC(C)N(Cc1ccccc1)C(=O)CCNC1CCS(=O)(=O)C1. The molecule has 0 radical (unpaired) electrons. The fourth-order valence-electron chi connectivity index (χ4n) is 2.82. The Balaban J connectivity index is 1.82. The maximum absolute atomic E-state index is 12.5. The minimum atomic E-state index is -2.87. The zero-order chi connectivity index (χ0) is 16.9. The van der Waals surface area contributed by atoms with E-state index in [4.69, 9.17) is 0 Å². The molecule has 0 aliphatic carbocycles. The van der Waals surface area contributed by atoms with Gasteiger partial charge >= 0.3 is 0 Å². The molecule has 0 aromatic heterocycles. The highest BCUT2D eigenvalue weighted by Gasteiger charge is 2.27. The number of carbonyl (C=O) groups is 1. The molecule has 1 fully saturated rings. The minimum absolute atomic E-state index is 0.00516. The summed E-state index contributed by atoms with van der Waals surface area (Å²) in [6.45, 7) is 5.15. The number of sulfone groups is 1. The third kappa shape index (κ3) is 5.62. The van der Waals surface area contributed by atoms with Gasteiger partial charge in [0.2, 0.25) is 5.91 Å². The smallest absolute Gasteiger partial charge is 0.224 e. The molecule has 5 nitrogen and oxygen atoms in total. The second kappa shape index (κ2) is 7.93. The number of benzene rings is 1. The van der Waals surface area contributed by atoms with Crippen molar-refractivity contribution in [2.75, 3.05) is 18.1 Å². The monoisotopic (exact) mass is 338 g/mol. The molecule has 1 aromatic carbocycles. The van der Waals surface area contributed by atoms with Crippen molar-refractivity contribution >= 4 is 15.7 Å². The van der Waals surface area contributed by atoms with Crippen molar-refractivity contribution < 1.29 is 13.2 Å². The van der Waals surface area contributed by atoms with Crippen LogP contribution in [0.1, 0.15) is 32.3 Å². The molecule has 128 valence electrons. The summed E-state index contributed by atoms with van der Waals surface area (Å²) in [4.78, 5) is 14.3. The van der Waals surface area contributed by atoms with Gasteiger partial charge in [0.15, 0.2) is 9.84 Å². The average molecular weight is 338 g/mol. The van der Waals surface area contributed by atoms with E-state index >= 15 is 0 Å². The van der Waals surface area contributed by atoms with Gasteiger partial charge in [0.25, 0.3) is 0 Å². The van der Waals surface area contributed by atoms with Gasteiger partial charge in [-0.1, -0.05) is 30.3 Å². The topological polar surface area (TPSA) is 66.5 Å². The van der Waals surface area contributed by atoms with Crippen molar-refractivity contribution in [3.63, 3.8) is 0 Å². The first-order valence-corrected chi connectivity index (χ1v) is 9.97. The van der Waals surface area contributed by atoms with Gasteiger partial charge in [0, 0.05) is 31.6 Å². The van der Waals surface area contributed by atoms with E-state index in [1.807, 2.05) is 49.1 Å². The van der Waals surface area contributed by atoms with Gasteiger partial charge in [-0.25, -0.2) is 8.42 Å². The molecule has 1 aliphatic rings. The molecular weight excluding hydrogens is 312 g/mol. The van der Waals surface area contributed by atoms with Crippen molar-refractivity contribution in [3.05, 3.63) is 35.9 Å². The molecule has 1 aliphatic heterocycles. The summed E-state index contributed by atoms with van der Waals surface area (Å²) in [6, 6.07) is 10.1. The van der Waals surface area contributed by atoms with E-state index in [2.05, 4.69) is 5.32 Å². The lowest BCUT2D eigenvalue weighted by Crippen LogP contribution is -2.39. The first-order valence-electron chi connectivity index (χ1n) is 8.14. The second-order valence-electron chi connectivity index (χ2n) is 6.41. The van der Waals surface area contributed by atoms with Crippen LogP contribution in [-0.2, 0) is 21.2 Å². The van der Waals surface area contributed by atoms with Crippen LogP contribution in [0.25, 0.3) is 0 Å². The maximum Gasteiger partial charge on any atom is 0.224 e. The zero-order valence-corrected chi connectivity index (χ0v) is 14.7. The van der Waals surface area contributed by atoms with Crippen LogP contribution in [0, 0.1) is 0 Å². The molecule has 1 N–H and O–H groups in total. The Hall–Kier alpha value is -1.40. The van der Waals surface area contributed by atoms with Gasteiger partial charge in [-0.15, -0.1) is 0 Å². The summed E-state index contributed by atoms with van der Waals surface area (Å²) < 4.78 is 22.8. The average Bonchev–Trinajstić information content (AvgIpc) is 2.84. The van der Waals surface area contributed by atoms with Crippen LogP contribution in [0.5, 0.6) is 0 Å². The largest absolute Gasteiger partial charge is 0.336 e. The highest BCUT2D eigenvalue weighted by atomic mass is 32.2. The number of rotatable bonds is 7. The summed E-state index contributed by atoms with van der Waals surface area (Å²) in [6.07, 6.45) is 1.04. The van der Waals surface area contributed by atoms with Crippen molar-refractivity contribution in [2.24, 2.45) is 0 Å². The van der Waals surface area contributed by atoms with Crippen LogP contribution >= 0.6 is 0 Å². The van der Waals surface area contributed by atoms with Crippen LogP contribution in [0.3, 0.4) is 0 Å². The standard InChI is InChI=1S/C17H26N2O3S/c1-14(2)19(12-15-6-4-3-5-7-15)17(20)8-10-18-16-9-11-23(21,22)13-16/h3-7,14,16,18H,8-13H2,1-2H3. The van der Waals surface area contributed by atoms with E-state index in [9.17, 15) is 13.2 Å². The summed E-state index contributed by atoms with van der Waals surface area (Å²) in [5.74, 6) is 0.543. The predicted molar refractivity (Wildman–Crippen MR) is 91.8 cm³/mol. The number of nitrogens with one attached hydrogen (secondary N) is 1. The Morgan fingerprint density at radius 1 is 1.30 bits per heavy atom. The van der Waals surface area contributed by atoms with Gasteiger partial charge in [0.05, 0.1) is 11.5 Å². The molecule has 6 heteroatoms. The van der Waals surface area contributed by atoms with Crippen LogP contribution in [-0.4, -0.2) is 49.4 Å². The lowest BCUT2D eigenvalue weighted by molar-refractivity contribution is -0.133. The number of amides is 1. The van der Waals surface area contributed by atoms with E-state index in [-0.39, 0.29) is 29.5 Å². The highest BCUT2D eigenvalue weighted by molar-refractivity contribution is 7.91. The Labute approximate surface area is 139 Å². The Kier molecular flexibility index (Phi) is 6.18. The molecule has 2 rings (SSSR count). The van der Waals surface area contributed by atoms with E-state index in [0.29, 0.717) is 25.9 Å². The molecule has 23 heavy (non-hydrogen) atoms. The van der Waals surface area contributed by atoms with E-state index in [0.717, 1.165) is 5.56 Å². The van der Waals surface area contributed by atoms with Crippen LogP contribution in [0.15, 0.2) is 30.3 Å². The predicted octanol–water partition coefficient (Wildman–Crippen LogP) is 1.59. The molecule has 1 atom stereocenters. The van der Waals surface area contributed by atoms with Gasteiger partial charge < -0.3 is 10.2 Å². The summed E-state index contributed by atoms with van der Waals surface area (Å²) in [7, 11) is -2.87. The molecule has 1 amide bonds. The first kappa shape index (κ1) is 17.9. The molecule has 0 bridgehead atoms. The fourth-order valence-corrected chi connectivity index (χ4v) is 4.53. The lowest BCUT2D eigenvalue weighted by Gasteiger charge is -2.27. The van der Waals surface area contributed by atoms with Crippen LogP contribution in [0.2, 0.25) is 0 Å². The normalized spacial score (nSPS) is 19.9. The van der Waals surface area contributed by atoms with E-state index in [1.54, 1.807) is 0 Å². The van der Waals surface area contributed by atoms with Gasteiger partial charge in [-0.3, -0.25) is 4.79 Å². The molecule has 1 unspecified atom stereocenters. The first-order chi connectivity index (χ1) is 10.9. The third-order valence-electron chi connectivity index (χ3n) is 4.14. The van der Waals surface area contributed by atoms with Crippen molar-refractivity contribution in [1.29, 1.82) is 0 Å². The Morgan fingerprint density at radius 2 is 2.00 bits per heavy atom. The molecule has 0 saturated carbocycles. The third-order valence-corrected chi connectivity index (χ3v) is 5.91. The van der Waals surface area contributed by atoms with Crippen LogP contribution in [0.4, 0.5) is 0 Å². The minimum Gasteiger partial charge on any atom is -0.336 e. The summed E-state index contributed by atoms with van der Waals surface area (Å²) in [5.41, 5.74) is 1.12. The number of hydrogen-bond donors (Lipinski definition) is 1. The number of nitrogens with zero attached hydrogens (tertiary/aromatic N) is 1. The highest BCUT2D eigenvalue weighted by Crippen LogP contribution is 2.12. The molecule has 0 spiro atoms. The Bertz CT molecular complexity index is 614. The molecule has 1 heterocycles. The van der Waals surface area contributed by atoms with Crippen molar-refractivity contribution in [2.45, 2.75) is 45.3 Å².